The number of benzene rings is 1. The van der Waals surface area contributed by atoms with Gasteiger partial charge in [0.1, 0.15) is 0 Å². The summed E-state index contributed by atoms with van der Waals surface area (Å²) in [6.07, 6.45) is 3.08. The summed E-state index contributed by atoms with van der Waals surface area (Å²) in [5.74, 6) is -1.16. The zero-order valence-electron chi connectivity index (χ0n) is 13.8. The summed E-state index contributed by atoms with van der Waals surface area (Å²) >= 11 is 1.32. The summed E-state index contributed by atoms with van der Waals surface area (Å²) in [4.78, 5) is 38.4. The fourth-order valence-corrected chi connectivity index (χ4v) is 3.36. The van der Waals surface area contributed by atoms with Gasteiger partial charge in [-0.05, 0) is 12.1 Å². The first-order chi connectivity index (χ1) is 12.0. The molecule has 6 nitrogen and oxygen atoms in total. The highest BCUT2D eigenvalue weighted by molar-refractivity contribution is 8.01. The Kier molecular flexibility index (Phi) is 6.82. The Labute approximate surface area is 150 Å². The number of nitrogens with zero attached hydrogens (tertiary/aromatic N) is 1. The van der Waals surface area contributed by atoms with Crippen LogP contribution in [0.1, 0.15) is 6.42 Å². The zero-order chi connectivity index (χ0) is 18.2. The molecule has 7 heteroatoms. The van der Waals surface area contributed by atoms with Crippen molar-refractivity contribution in [2.24, 2.45) is 0 Å². The third-order valence-electron chi connectivity index (χ3n) is 3.47. The Hall–Kier alpha value is -2.54. The van der Waals surface area contributed by atoms with E-state index in [0.717, 1.165) is 10.6 Å². The van der Waals surface area contributed by atoms with E-state index >= 15 is 0 Å². The first kappa shape index (κ1) is 18.8. The third-order valence-corrected chi connectivity index (χ3v) is 4.74. The number of carbonyl (C=O) groups is 3. The van der Waals surface area contributed by atoms with Crippen molar-refractivity contribution < 1.29 is 19.1 Å². The van der Waals surface area contributed by atoms with Gasteiger partial charge in [0.15, 0.2) is 6.61 Å². The van der Waals surface area contributed by atoms with Crippen molar-refractivity contribution in [3.8, 4) is 0 Å². The zero-order valence-corrected chi connectivity index (χ0v) is 14.6. The van der Waals surface area contributed by atoms with Crippen molar-refractivity contribution in [3.05, 3.63) is 49.6 Å². The number of fused-ring (bicyclic) bond motifs is 1. The molecule has 0 unspecified atom stereocenters. The number of carbonyl (C=O) groups excluding carboxylic acids is 3. The molecule has 1 aliphatic rings. The van der Waals surface area contributed by atoms with Gasteiger partial charge in [0.2, 0.25) is 5.91 Å². The van der Waals surface area contributed by atoms with E-state index in [4.69, 9.17) is 4.74 Å². The molecule has 0 radical (unpaired) electrons. The molecule has 2 amide bonds. The number of ether oxygens (including phenoxy) is 1. The lowest BCUT2D eigenvalue weighted by Gasteiger charge is -2.23. The van der Waals surface area contributed by atoms with Crippen molar-refractivity contribution in [2.75, 3.05) is 25.0 Å². The van der Waals surface area contributed by atoms with Gasteiger partial charge in [-0.1, -0.05) is 24.3 Å². The van der Waals surface area contributed by atoms with E-state index in [0.29, 0.717) is 13.1 Å². The number of thioether (sulfide) groups is 1. The Morgan fingerprint density at radius 2 is 1.92 bits per heavy atom. The molecule has 1 aliphatic heterocycles. The van der Waals surface area contributed by atoms with Crippen molar-refractivity contribution >= 4 is 35.2 Å². The van der Waals surface area contributed by atoms with Gasteiger partial charge in [-0.3, -0.25) is 14.4 Å². The molecule has 0 bridgehead atoms. The van der Waals surface area contributed by atoms with Gasteiger partial charge < -0.3 is 15.0 Å². The van der Waals surface area contributed by atoms with E-state index in [9.17, 15) is 14.4 Å². The third kappa shape index (κ3) is 5.22. The summed E-state index contributed by atoms with van der Waals surface area (Å²) in [6.45, 7) is 7.49. The highest BCUT2D eigenvalue weighted by atomic mass is 32.2. The minimum atomic E-state index is -0.586. The highest BCUT2D eigenvalue weighted by Gasteiger charge is 2.29. The number of hydrogen-bond donors (Lipinski definition) is 1. The second-order valence-corrected chi connectivity index (χ2v) is 6.58. The van der Waals surface area contributed by atoms with E-state index in [2.05, 4.69) is 18.5 Å². The maximum Gasteiger partial charge on any atom is 0.307 e. The standard InChI is InChI=1S/C18H20N2O4S/c1-3-9-20(10-4-2)16(21)12-24-17(22)11-15-18(23)19-13-7-5-6-8-14(13)25-15/h3-8,15H,1-2,9-12H2,(H,19,23)/t15-/m1/s1. The van der Waals surface area contributed by atoms with Crippen LogP contribution in [0.25, 0.3) is 0 Å². The summed E-state index contributed by atoms with van der Waals surface area (Å²) < 4.78 is 5.02. The largest absolute Gasteiger partial charge is 0.456 e. The molecule has 0 fully saturated rings. The molecule has 1 aromatic carbocycles. The van der Waals surface area contributed by atoms with Crippen LogP contribution in [0.4, 0.5) is 5.69 Å². The number of para-hydroxylation sites is 1. The minimum Gasteiger partial charge on any atom is -0.456 e. The molecule has 0 aliphatic carbocycles. The first-order valence-corrected chi connectivity index (χ1v) is 8.65. The van der Waals surface area contributed by atoms with Crippen molar-refractivity contribution in [2.45, 2.75) is 16.6 Å². The van der Waals surface area contributed by atoms with Crippen molar-refractivity contribution in [3.63, 3.8) is 0 Å². The molecule has 1 heterocycles. The van der Waals surface area contributed by atoms with Crippen LogP contribution >= 0.6 is 11.8 Å². The SMILES string of the molecule is C=CCN(CC=C)C(=O)COC(=O)C[C@H]1Sc2ccccc2NC1=O. The molecule has 25 heavy (non-hydrogen) atoms. The number of hydrogen-bond acceptors (Lipinski definition) is 5. The average Bonchev–Trinajstić information content (AvgIpc) is 2.60. The summed E-state index contributed by atoms with van der Waals surface area (Å²) in [7, 11) is 0. The van der Waals surface area contributed by atoms with E-state index in [1.807, 2.05) is 18.2 Å². The normalized spacial score (nSPS) is 15.5. The molecule has 0 spiro atoms. The topological polar surface area (TPSA) is 75.7 Å². The molecule has 2 rings (SSSR count). The number of esters is 1. The molecule has 1 atom stereocenters. The van der Waals surface area contributed by atoms with E-state index in [1.165, 1.54) is 16.7 Å². The maximum absolute atomic E-state index is 12.1. The predicted molar refractivity (Wildman–Crippen MR) is 97.3 cm³/mol. The van der Waals surface area contributed by atoms with Gasteiger partial charge in [-0.2, -0.15) is 0 Å². The van der Waals surface area contributed by atoms with Crippen LogP contribution in [-0.2, 0) is 19.1 Å². The van der Waals surface area contributed by atoms with Crippen LogP contribution in [-0.4, -0.2) is 47.6 Å². The number of anilines is 1. The second-order valence-electron chi connectivity index (χ2n) is 5.33. The Bertz CT molecular complexity index is 679. The van der Waals surface area contributed by atoms with Gasteiger partial charge >= 0.3 is 5.97 Å². The van der Waals surface area contributed by atoms with Crippen LogP contribution in [0.3, 0.4) is 0 Å². The average molecular weight is 360 g/mol. The van der Waals surface area contributed by atoms with E-state index in [1.54, 1.807) is 18.2 Å². The molecule has 1 aromatic rings. The van der Waals surface area contributed by atoms with Crippen molar-refractivity contribution in [1.82, 2.24) is 4.90 Å². The minimum absolute atomic E-state index is 0.0962. The summed E-state index contributed by atoms with van der Waals surface area (Å²) in [6, 6.07) is 7.38. The van der Waals surface area contributed by atoms with E-state index < -0.39 is 11.2 Å². The summed E-state index contributed by atoms with van der Waals surface area (Å²) in [5.41, 5.74) is 0.738. The molecular weight excluding hydrogens is 340 g/mol. The predicted octanol–water partition coefficient (Wildman–Crippen LogP) is 2.23. The lowest BCUT2D eigenvalue weighted by molar-refractivity contribution is -0.151. The Morgan fingerprint density at radius 1 is 1.24 bits per heavy atom. The number of nitrogens with one attached hydrogen (secondary N) is 1. The lowest BCUT2D eigenvalue weighted by Crippen LogP contribution is -2.36. The Morgan fingerprint density at radius 3 is 2.60 bits per heavy atom. The fourth-order valence-electron chi connectivity index (χ4n) is 2.26. The van der Waals surface area contributed by atoms with Crippen LogP contribution in [0.5, 0.6) is 0 Å². The van der Waals surface area contributed by atoms with Crippen LogP contribution < -0.4 is 5.32 Å². The van der Waals surface area contributed by atoms with Gasteiger partial charge in [-0.15, -0.1) is 24.9 Å². The summed E-state index contributed by atoms with van der Waals surface area (Å²) in [5, 5.41) is 2.19. The van der Waals surface area contributed by atoms with Crippen LogP contribution in [0, 0.1) is 0 Å². The molecular formula is C18H20N2O4S. The van der Waals surface area contributed by atoms with E-state index in [-0.39, 0.29) is 24.8 Å². The lowest BCUT2D eigenvalue weighted by atomic mass is 10.2. The molecule has 0 saturated heterocycles. The maximum atomic E-state index is 12.1. The van der Waals surface area contributed by atoms with Gasteiger partial charge in [-0.25, -0.2) is 0 Å². The quantitative estimate of drug-likeness (QED) is 0.568. The molecule has 1 N–H and O–H groups in total. The number of rotatable bonds is 8. The van der Waals surface area contributed by atoms with Crippen molar-refractivity contribution in [1.29, 1.82) is 0 Å². The first-order valence-electron chi connectivity index (χ1n) is 7.77. The molecule has 0 saturated carbocycles. The monoisotopic (exact) mass is 360 g/mol. The highest BCUT2D eigenvalue weighted by Crippen LogP contribution is 2.36. The molecule has 132 valence electrons. The smallest absolute Gasteiger partial charge is 0.307 e. The van der Waals surface area contributed by atoms with Gasteiger partial charge in [0.25, 0.3) is 5.91 Å². The van der Waals surface area contributed by atoms with Gasteiger partial charge in [0.05, 0.1) is 17.4 Å². The fraction of sp³-hybridized carbons (Fsp3) is 0.278. The van der Waals surface area contributed by atoms with Crippen LogP contribution in [0.15, 0.2) is 54.5 Å². The Balaban J connectivity index is 1.86. The van der Waals surface area contributed by atoms with Gasteiger partial charge in [0, 0.05) is 18.0 Å². The van der Waals surface area contributed by atoms with Crippen LogP contribution in [0.2, 0.25) is 0 Å². The second kappa shape index (κ2) is 9.08. The molecule has 0 aromatic heterocycles. The number of amides is 2.